The number of benzene rings is 1. The molecule has 1 N–H and O–H groups in total. The maximum atomic E-state index is 13.5. The minimum absolute atomic E-state index is 0.170. The number of halogens is 1. The molecule has 0 aliphatic carbocycles. The van der Waals surface area contributed by atoms with Crippen molar-refractivity contribution in [3.05, 3.63) is 36.3 Å². The molecule has 0 radical (unpaired) electrons. The fourth-order valence-corrected chi connectivity index (χ4v) is 1.46. The van der Waals surface area contributed by atoms with Crippen molar-refractivity contribution in [2.45, 2.75) is 0 Å². The standard InChI is InChI=1S/C12H9FN4O/c1-18-11-3-2-8(6-9(11)13)10-4-5-15-12(17-10)16-7-14/h2-6H,1H3,(H,15,16,17). The van der Waals surface area contributed by atoms with Gasteiger partial charge in [0.15, 0.2) is 17.8 Å². The average Bonchev–Trinajstić information content (AvgIpc) is 2.39. The quantitative estimate of drug-likeness (QED) is 0.662. The van der Waals surface area contributed by atoms with Crippen LogP contribution in [0.1, 0.15) is 0 Å². The van der Waals surface area contributed by atoms with Crippen LogP contribution in [0.25, 0.3) is 11.3 Å². The van der Waals surface area contributed by atoms with Gasteiger partial charge in [-0.3, -0.25) is 5.32 Å². The first-order valence-electron chi connectivity index (χ1n) is 5.06. The fraction of sp³-hybridized carbons (Fsp3) is 0.0833. The number of nitrogens with zero attached hydrogens (tertiary/aromatic N) is 3. The molecule has 0 spiro atoms. The van der Waals surface area contributed by atoms with E-state index in [1.54, 1.807) is 18.3 Å². The van der Waals surface area contributed by atoms with Crippen LogP contribution in [-0.4, -0.2) is 17.1 Å². The zero-order valence-corrected chi connectivity index (χ0v) is 9.51. The summed E-state index contributed by atoms with van der Waals surface area (Å²) in [5.74, 6) is -0.127. The van der Waals surface area contributed by atoms with Crippen LogP contribution < -0.4 is 10.1 Å². The minimum atomic E-state index is -0.469. The molecule has 0 saturated carbocycles. The molecule has 1 aromatic carbocycles. The summed E-state index contributed by atoms with van der Waals surface area (Å²) in [7, 11) is 1.40. The summed E-state index contributed by atoms with van der Waals surface area (Å²) >= 11 is 0. The first kappa shape index (κ1) is 11.8. The van der Waals surface area contributed by atoms with E-state index in [2.05, 4.69) is 15.3 Å². The Morgan fingerprint density at radius 1 is 1.39 bits per heavy atom. The minimum Gasteiger partial charge on any atom is -0.494 e. The smallest absolute Gasteiger partial charge is 0.236 e. The van der Waals surface area contributed by atoms with Crippen LogP contribution in [0, 0.1) is 17.3 Å². The van der Waals surface area contributed by atoms with Gasteiger partial charge >= 0.3 is 0 Å². The van der Waals surface area contributed by atoms with Crippen molar-refractivity contribution in [3.8, 4) is 23.2 Å². The number of hydrogen-bond donors (Lipinski definition) is 1. The molecular formula is C12H9FN4O. The normalized spacial score (nSPS) is 9.61. The highest BCUT2D eigenvalue weighted by molar-refractivity contribution is 5.61. The number of methoxy groups -OCH3 is 1. The fourth-order valence-electron chi connectivity index (χ4n) is 1.46. The summed E-state index contributed by atoms with van der Waals surface area (Å²) in [5, 5.41) is 10.8. The lowest BCUT2D eigenvalue weighted by atomic mass is 10.1. The van der Waals surface area contributed by atoms with Gasteiger partial charge in [0.05, 0.1) is 12.8 Å². The second-order valence-electron chi connectivity index (χ2n) is 3.35. The van der Waals surface area contributed by atoms with E-state index in [4.69, 9.17) is 10.00 Å². The van der Waals surface area contributed by atoms with Gasteiger partial charge in [0.1, 0.15) is 0 Å². The molecule has 2 rings (SSSR count). The lowest BCUT2D eigenvalue weighted by molar-refractivity contribution is 0.386. The van der Waals surface area contributed by atoms with Gasteiger partial charge in [0.2, 0.25) is 5.95 Å². The Morgan fingerprint density at radius 3 is 2.89 bits per heavy atom. The first-order chi connectivity index (χ1) is 8.74. The molecule has 90 valence electrons. The van der Waals surface area contributed by atoms with Crippen molar-refractivity contribution >= 4 is 5.95 Å². The lowest BCUT2D eigenvalue weighted by Gasteiger charge is -2.05. The van der Waals surface area contributed by atoms with E-state index in [1.807, 2.05) is 0 Å². The third-order valence-electron chi connectivity index (χ3n) is 2.27. The molecule has 1 aromatic heterocycles. The van der Waals surface area contributed by atoms with Gasteiger partial charge in [-0.2, -0.15) is 5.26 Å². The van der Waals surface area contributed by atoms with Crippen LogP contribution in [-0.2, 0) is 0 Å². The number of aromatic nitrogens is 2. The van der Waals surface area contributed by atoms with Crippen molar-refractivity contribution < 1.29 is 9.13 Å². The molecule has 0 amide bonds. The van der Waals surface area contributed by atoms with E-state index >= 15 is 0 Å². The van der Waals surface area contributed by atoms with Crippen LogP contribution in [0.2, 0.25) is 0 Å². The summed E-state index contributed by atoms with van der Waals surface area (Å²) < 4.78 is 18.4. The van der Waals surface area contributed by atoms with E-state index in [0.717, 1.165) is 0 Å². The van der Waals surface area contributed by atoms with Gasteiger partial charge in [0.25, 0.3) is 0 Å². The molecule has 0 fully saturated rings. The Labute approximate surface area is 103 Å². The van der Waals surface area contributed by atoms with Crippen LogP contribution in [0.5, 0.6) is 5.75 Å². The summed E-state index contributed by atoms with van der Waals surface area (Å²) in [6.45, 7) is 0. The number of hydrogen-bond acceptors (Lipinski definition) is 5. The molecule has 6 heteroatoms. The van der Waals surface area contributed by atoms with Crippen LogP contribution in [0.15, 0.2) is 30.5 Å². The van der Waals surface area contributed by atoms with Gasteiger partial charge in [-0.25, -0.2) is 14.4 Å². The maximum Gasteiger partial charge on any atom is 0.236 e. The lowest BCUT2D eigenvalue weighted by Crippen LogP contribution is -1.96. The Hall–Kier alpha value is -2.68. The average molecular weight is 244 g/mol. The van der Waals surface area contributed by atoms with Crippen LogP contribution in [0.3, 0.4) is 0 Å². The van der Waals surface area contributed by atoms with Crippen molar-refractivity contribution in [2.75, 3.05) is 12.4 Å². The second kappa shape index (κ2) is 5.10. The van der Waals surface area contributed by atoms with Crippen LogP contribution in [0.4, 0.5) is 10.3 Å². The monoisotopic (exact) mass is 244 g/mol. The number of nitrogens with one attached hydrogen (secondary N) is 1. The first-order valence-corrected chi connectivity index (χ1v) is 5.06. The molecular weight excluding hydrogens is 235 g/mol. The number of ether oxygens (including phenoxy) is 1. The van der Waals surface area contributed by atoms with Gasteiger partial charge < -0.3 is 4.74 Å². The number of anilines is 1. The Kier molecular flexibility index (Phi) is 3.34. The highest BCUT2D eigenvalue weighted by atomic mass is 19.1. The number of nitriles is 1. The molecule has 0 aliphatic heterocycles. The largest absolute Gasteiger partial charge is 0.494 e. The molecule has 0 bridgehead atoms. The SMILES string of the molecule is COc1ccc(-c2ccnc(NC#N)n2)cc1F. The van der Waals surface area contributed by atoms with Gasteiger partial charge in [-0.05, 0) is 24.3 Å². The third-order valence-corrected chi connectivity index (χ3v) is 2.27. The molecule has 0 atom stereocenters. The topological polar surface area (TPSA) is 70.8 Å². The zero-order chi connectivity index (χ0) is 13.0. The molecule has 2 aromatic rings. The predicted molar refractivity (Wildman–Crippen MR) is 63.2 cm³/mol. The summed E-state index contributed by atoms with van der Waals surface area (Å²) in [5.41, 5.74) is 1.10. The molecule has 0 unspecified atom stereocenters. The van der Waals surface area contributed by atoms with Crippen molar-refractivity contribution in [2.24, 2.45) is 0 Å². The molecule has 0 saturated heterocycles. The predicted octanol–water partition coefficient (Wildman–Crippen LogP) is 2.18. The van der Waals surface area contributed by atoms with Gasteiger partial charge in [-0.15, -0.1) is 0 Å². The second-order valence-corrected chi connectivity index (χ2v) is 3.35. The zero-order valence-electron chi connectivity index (χ0n) is 9.51. The maximum absolute atomic E-state index is 13.5. The highest BCUT2D eigenvalue weighted by Gasteiger charge is 2.07. The van der Waals surface area contributed by atoms with E-state index in [0.29, 0.717) is 11.3 Å². The van der Waals surface area contributed by atoms with Crippen molar-refractivity contribution in [1.82, 2.24) is 9.97 Å². The van der Waals surface area contributed by atoms with Crippen LogP contribution >= 0.6 is 0 Å². The Bertz CT molecular complexity index is 609. The van der Waals surface area contributed by atoms with E-state index in [-0.39, 0.29) is 11.7 Å². The molecule has 18 heavy (non-hydrogen) atoms. The highest BCUT2D eigenvalue weighted by Crippen LogP contribution is 2.24. The van der Waals surface area contributed by atoms with E-state index in [1.165, 1.54) is 25.4 Å². The van der Waals surface area contributed by atoms with E-state index in [9.17, 15) is 4.39 Å². The van der Waals surface area contributed by atoms with Gasteiger partial charge in [0, 0.05) is 11.8 Å². The van der Waals surface area contributed by atoms with Crippen molar-refractivity contribution in [1.29, 1.82) is 5.26 Å². The van der Waals surface area contributed by atoms with Gasteiger partial charge in [-0.1, -0.05) is 0 Å². The Balaban J connectivity index is 2.39. The summed E-state index contributed by atoms with van der Waals surface area (Å²) in [6, 6.07) is 6.14. The van der Waals surface area contributed by atoms with Crippen molar-refractivity contribution in [3.63, 3.8) is 0 Å². The third kappa shape index (κ3) is 2.35. The summed E-state index contributed by atoms with van der Waals surface area (Å²) in [4.78, 5) is 7.92. The number of rotatable bonds is 3. The summed E-state index contributed by atoms with van der Waals surface area (Å²) in [6.07, 6.45) is 3.21. The Morgan fingerprint density at radius 2 is 2.22 bits per heavy atom. The molecule has 0 aliphatic rings. The molecule has 1 heterocycles. The van der Waals surface area contributed by atoms with E-state index < -0.39 is 5.82 Å². The molecule has 5 nitrogen and oxygen atoms in total.